The van der Waals surface area contributed by atoms with Gasteiger partial charge in [-0.05, 0) is 36.5 Å². The molecule has 0 N–H and O–H groups in total. The normalized spacial score (nSPS) is 10.9. The third kappa shape index (κ3) is 5.89. The summed E-state index contributed by atoms with van der Waals surface area (Å²) in [6.45, 7) is 4.79. The Morgan fingerprint density at radius 2 is 1.90 bits per heavy atom. The summed E-state index contributed by atoms with van der Waals surface area (Å²) in [7, 11) is 1.60. The number of hydrogen-bond acceptors (Lipinski definition) is 5. The van der Waals surface area contributed by atoms with Crippen molar-refractivity contribution >= 4 is 11.8 Å². The van der Waals surface area contributed by atoms with Gasteiger partial charge < -0.3 is 9.47 Å². The van der Waals surface area contributed by atoms with E-state index in [0.717, 1.165) is 24.3 Å². The predicted molar refractivity (Wildman–Crippen MR) is 122 cm³/mol. The fraction of sp³-hybridized carbons (Fsp3) is 0.333. The first-order valence-corrected chi connectivity index (χ1v) is 11.1. The summed E-state index contributed by atoms with van der Waals surface area (Å²) < 4.78 is 12.9. The molecule has 0 aliphatic heterocycles. The number of aryl methyl sites for hydroxylation is 1. The van der Waals surface area contributed by atoms with Crippen LogP contribution in [0.3, 0.4) is 0 Å². The van der Waals surface area contributed by atoms with Crippen molar-refractivity contribution in [1.29, 1.82) is 0 Å². The van der Waals surface area contributed by atoms with Crippen molar-refractivity contribution < 1.29 is 9.47 Å². The number of thioether (sulfide) groups is 1. The minimum atomic E-state index is -0.125. The zero-order valence-corrected chi connectivity index (χ0v) is 18.5. The molecule has 0 fully saturated rings. The molecule has 3 aromatic rings. The van der Waals surface area contributed by atoms with Crippen LogP contribution in [0.4, 0.5) is 0 Å². The minimum absolute atomic E-state index is 0.125. The van der Waals surface area contributed by atoms with Crippen LogP contribution in [0.5, 0.6) is 11.5 Å². The van der Waals surface area contributed by atoms with E-state index >= 15 is 0 Å². The molecule has 30 heavy (non-hydrogen) atoms. The Balaban J connectivity index is 1.70. The highest BCUT2D eigenvalue weighted by molar-refractivity contribution is 7.99. The fourth-order valence-corrected chi connectivity index (χ4v) is 3.81. The molecule has 0 aliphatic rings. The van der Waals surface area contributed by atoms with E-state index in [1.165, 1.54) is 17.3 Å². The van der Waals surface area contributed by atoms with Crippen molar-refractivity contribution in [2.24, 2.45) is 5.92 Å². The van der Waals surface area contributed by atoms with Gasteiger partial charge in [0.05, 0.1) is 19.4 Å². The standard InChI is InChI=1S/C24H28N2O3S/c1-18(2)17-29-21-12-11-20(16-22(21)28-3)26-14-13-25-23(24(26)27)30-15-7-10-19-8-5-4-6-9-19/h4-6,8-9,11-14,16,18H,7,10,15,17H2,1-3H3. The van der Waals surface area contributed by atoms with E-state index in [1.54, 1.807) is 24.1 Å². The Labute approximate surface area is 182 Å². The van der Waals surface area contributed by atoms with Crippen LogP contribution in [0.2, 0.25) is 0 Å². The highest BCUT2D eigenvalue weighted by Crippen LogP contribution is 2.29. The minimum Gasteiger partial charge on any atom is -0.493 e. The lowest BCUT2D eigenvalue weighted by atomic mass is 10.1. The van der Waals surface area contributed by atoms with Gasteiger partial charge in [-0.25, -0.2) is 4.98 Å². The first kappa shape index (κ1) is 22.0. The summed E-state index contributed by atoms with van der Waals surface area (Å²) in [6, 6.07) is 15.9. The molecule has 0 unspecified atom stereocenters. The van der Waals surface area contributed by atoms with Gasteiger partial charge >= 0.3 is 0 Å². The van der Waals surface area contributed by atoms with Crippen LogP contribution < -0.4 is 15.0 Å². The van der Waals surface area contributed by atoms with Gasteiger partial charge in [-0.15, -0.1) is 11.8 Å². The van der Waals surface area contributed by atoms with Gasteiger partial charge in [-0.1, -0.05) is 44.2 Å². The second-order valence-corrected chi connectivity index (χ2v) is 8.47. The van der Waals surface area contributed by atoms with Gasteiger partial charge in [0.25, 0.3) is 5.56 Å². The van der Waals surface area contributed by atoms with Crippen molar-refractivity contribution in [2.75, 3.05) is 19.5 Å². The van der Waals surface area contributed by atoms with Gasteiger partial charge in [-0.2, -0.15) is 0 Å². The maximum Gasteiger partial charge on any atom is 0.287 e. The molecule has 3 rings (SSSR count). The second kappa shape index (κ2) is 10.9. The van der Waals surface area contributed by atoms with Gasteiger partial charge in [0.1, 0.15) is 0 Å². The maximum absolute atomic E-state index is 12.9. The Morgan fingerprint density at radius 1 is 1.10 bits per heavy atom. The van der Waals surface area contributed by atoms with E-state index in [4.69, 9.17) is 9.47 Å². The molecule has 0 saturated heterocycles. The number of methoxy groups -OCH3 is 1. The molecular weight excluding hydrogens is 396 g/mol. The summed E-state index contributed by atoms with van der Waals surface area (Å²) in [5.74, 6) is 2.53. The molecule has 0 bridgehead atoms. The van der Waals surface area contributed by atoms with Crippen LogP contribution in [0, 0.1) is 5.92 Å². The van der Waals surface area contributed by atoms with Gasteiger partial charge in [0, 0.05) is 24.2 Å². The van der Waals surface area contributed by atoms with Crippen LogP contribution in [0.15, 0.2) is 70.7 Å². The van der Waals surface area contributed by atoms with Crippen LogP contribution >= 0.6 is 11.8 Å². The first-order valence-electron chi connectivity index (χ1n) is 10.1. The van der Waals surface area contributed by atoms with Crippen molar-refractivity contribution in [2.45, 2.75) is 31.7 Å². The molecule has 6 heteroatoms. The number of rotatable bonds is 10. The molecular formula is C24H28N2O3S. The van der Waals surface area contributed by atoms with Gasteiger partial charge in [0.15, 0.2) is 16.5 Å². The van der Waals surface area contributed by atoms with Crippen molar-refractivity contribution in [1.82, 2.24) is 9.55 Å². The second-order valence-electron chi connectivity index (χ2n) is 7.39. The summed E-state index contributed by atoms with van der Waals surface area (Å²) in [5, 5.41) is 0.504. The maximum atomic E-state index is 12.9. The lowest BCUT2D eigenvalue weighted by Gasteiger charge is -2.14. The van der Waals surface area contributed by atoms with Crippen molar-refractivity contribution in [3.63, 3.8) is 0 Å². The average Bonchev–Trinajstić information content (AvgIpc) is 2.77. The van der Waals surface area contributed by atoms with Crippen LogP contribution in [-0.2, 0) is 6.42 Å². The molecule has 0 spiro atoms. The van der Waals surface area contributed by atoms with Crippen LogP contribution in [0.25, 0.3) is 5.69 Å². The zero-order chi connectivity index (χ0) is 21.3. The summed E-state index contributed by atoms with van der Waals surface area (Å²) in [5.41, 5.74) is 1.91. The average molecular weight is 425 g/mol. The van der Waals surface area contributed by atoms with Crippen molar-refractivity contribution in [3.05, 3.63) is 76.8 Å². The zero-order valence-electron chi connectivity index (χ0n) is 17.7. The van der Waals surface area contributed by atoms with E-state index in [9.17, 15) is 4.79 Å². The molecule has 2 aromatic carbocycles. The largest absolute Gasteiger partial charge is 0.493 e. The smallest absolute Gasteiger partial charge is 0.287 e. The Bertz CT molecular complexity index is 1000. The number of ether oxygens (including phenoxy) is 2. The van der Waals surface area contributed by atoms with E-state index in [0.29, 0.717) is 29.0 Å². The highest BCUT2D eigenvalue weighted by Gasteiger charge is 2.11. The van der Waals surface area contributed by atoms with E-state index in [1.807, 2.05) is 36.4 Å². The van der Waals surface area contributed by atoms with Crippen molar-refractivity contribution in [3.8, 4) is 17.2 Å². The molecule has 158 valence electrons. The lowest BCUT2D eigenvalue weighted by Crippen LogP contribution is -2.20. The van der Waals surface area contributed by atoms with E-state index in [-0.39, 0.29) is 5.56 Å². The molecule has 1 heterocycles. The number of hydrogen-bond donors (Lipinski definition) is 0. The summed E-state index contributed by atoms with van der Waals surface area (Å²) in [6.07, 6.45) is 5.32. The third-order valence-electron chi connectivity index (χ3n) is 4.50. The monoisotopic (exact) mass is 424 g/mol. The molecule has 1 aromatic heterocycles. The summed E-state index contributed by atoms with van der Waals surface area (Å²) >= 11 is 1.50. The number of benzene rings is 2. The Kier molecular flexibility index (Phi) is 7.97. The molecule has 0 saturated carbocycles. The summed E-state index contributed by atoms with van der Waals surface area (Å²) in [4.78, 5) is 17.2. The fourth-order valence-electron chi connectivity index (χ4n) is 2.97. The molecule has 0 aliphatic carbocycles. The molecule has 0 radical (unpaired) electrons. The topological polar surface area (TPSA) is 53.4 Å². The Hall–Kier alpha value is -2.73. The molecule has 0 atom stereocenters. The van der Waals surface area contributed by atoms with E-state index in [2.05, 4.69) is 31.0 Å². The quantitative estimate of drug-likeness (QED) is 0.339. The molecule has 5 nitrogen and oxygen atoms in total. The third-order valence-corrected chi connectivity index (χ3v) is 5.54. The number of nitrogens with zero attached hydrogens (tertiary/aromatic N) is 2. The Morgan fingerprint density at radius 3 is 2.63 bits per heavy atom. The van der Waals surface area contributed by atoms with Gasteiger partial charge in [0.2, 0.25) is 0 Å². The van der Waals surface area contributed by atoms with Gasteiger partial charge in [-0.3, -0.25) is 9.36 Å². The predicted octanol–water partition coefficient (Wildman–Crippen LogP) is 5.00. The van der Waals surface area contributed by atoms with Crippen LogP contribution in [0.1, 0.15) is 25.8 Å². The SMILES string of the molecule is COc1cc(-n2ccnc(SCCCc3ccccc3)c2=O)ccc1OCC(C)C. The molecule has 0 amide bonds. The van der Waals surface area contributed by atoms with Crippen LogP contribution in [-0.4, -0.2) is 29.0 Å². The number of aromatic nitrogens is 2. The van der Waals surface area contributed by atoms with E-state index < -0.39 is 0 Å². The highest BCUT2D eigenvalue weighted by atomic mass is 32.2. The lowest BCUT2D eigenvalue weighted by molar-refractivity contribution is 0.257. The first-order chi connectivity index (χ1) is 14.6.